The van der Waals surface area contributed by atoms with Crippen molar-refractivity contribution in [1.29, 1.82) is 0 Å². The monoisotopic (exact) mass is 292 g/mol. The van der Waals surface area contributed by atoms with E-state index in [9.17, 15) is 15.3 Å². The fraction of sp³-hybridized carbons (Fsp3) is 0.0526. The third kappa shape index (κ3) is 3.04. The lowest BCUT2D eigenvalue weighted by Gasteiger charge is -2.11. The molecule has 0 aromatic heterocycles. The second-order valence-corrected chi connectivity index (χ2v) is 5.23. The second-order valence-electron chi connectivity index (χ2n) is 5.23. The Balaban J connectivity index is 2.00. The van der Waals surface area contributed by atoms with Crippen LogP contribution in [0.2, 0.25) is 0 Å². The van der Waals surface area contributed by atoms with E-state index in [1.807, 2.05) is 30.3 Å². The molecule has 3 heteroatoms. The van der Waals surface area contributed by atoms with Crippen LogP contribution in [0, 0.1) is 0 Å². The number of rotatable bonds is 3. The van der Waals surface area contributed by atoms with E-state index in [2.05, 4.69) is 0 Å². The van der Waals surface area contributed by atoms with Crippen LogP contribution < -0.4 is 0 Å². The molecular weight excluding hydrogens is 276 g/mol. The zero-order valence-corrected chi connectivity index (χ0v) is 11.9. The van der Waals surface area contributed by atoms with Crippen molar-refractivity contribution in [2.24, 2.45) is 0 Å². The molecule has 0 aliphatic rings. The molecule has 0 unspecified atom stereocenters. The van der Waals surface area contributed by atoms with Gasteiger partial charge in [0.15, 0.2) is 0 Å². The molecule has 0 bridgehead atoms. The quantitative estimate of drug-likeness (QED) is 0.682. The van der Waals surface area contributed by atoms with Gasteiger partial charge in [0.1, 0.15) is 17.2 Å². The zero-order valence-electron chi connectivity index (χ0n) is 11.9. The minimum absolute atomic E-state index is 0.219. The van der Waals surface area contributed by atoms with E-state index in [1.165, 1.54) is 0 Å². The van der Waals surface area contributed by atoms with E-state index in [0.717, 1.165) is 22.3 Å². The maximum absolute atomic E-state index is 9.77. The Morgan fingerprint density at radius 2 is 1.14 bits per heavy atom. The molecule has 110 valence electrons. The van der Waals surface area contributed by atoms with Crippen LogP contribution in [0.25, 0.3) is 11.1 Å². The van der Waals surface area contributed by atoms with Gasteiger partial charge < -0.3 is 15.3 Å². The highest BCUT2D eigenvalue weighted by Gasteiger charge is 2.08. The number of hydrogen-bond acceptors (Lipinski definition) is 3. The smallest absolute Gasteiger partial charge is 0.115 e. The lowest BCUT2D eigenvalue weighted by atomic mass is 9.94. The molecule has 0 fully saturated rings. The molecule has 3 aromatic rings. The molecule has 3 nitrogen and oxygen atoms in total. The average Bonchev–Trinajstić information content (AvgIpc) is 2.51. The molecule has 0 atom stereocenters. The molecule has 22 heavy (non-hydrogen) atoms. The number of hydrogen-bond donors (Lipinski definition) is 3. The lowest BCUT2D eigenvalue weighted by molar-refractivity contribution is 0.474. The zero-order chi connectivity index (χ0) is 15.5. The van der Waals surface area contributed by atoms with Gasteiger partial charge in [-0.2, -0.15) is 0 Å². The van der Waals surface area contributed by atoms with E-state index in [4.69, 9.17) is 0 Å². The molecule has 0 saturated heterocycles. The van der Waals surface area contributed by atoms with Crippen LogP contribution in [-0.2, 0) is 6.42 Å². The molecule has 3 aromatic carbocycles. The van der Waals surface area contributed by atoms with Crippen molar-refractivity contribution in [2.45, 2.75) is 6.42 Å². The van der Waals surface area contributed by atoms with E-state index in [-0.39, 0.29) is 17.2 Å². The van der Waals surface area contributed by atoms with Gasteiger partial charge in [0.05, 0.1) is 0 Å². The summed E-state index contributed by atoms with van der Waals surface area (Å²) in [5.74, 6) is 0.678. The van der Waals surface area contributed by atoms with Crippen molar-refractivity contribution in [3.63, 3.8) is 0 Å². The Bertz CT molecular complexity index is 775. The van der Waals surface area contributed by atoms with Crippen molar-refractivity contribution >= 4 is 0 Å². The molecule has 0 amide bonds. The first-order valence-electron chi connectivity index (χ1n) is 7.01. The topological polar surface area (TPSA) is 60.7 Å². The molecule has 3 rings (SSSR count). The fourth-order valence-electron chi connectivity index (χ4n) is 2.48. The van der Waals surface area contributed by atoms with Gasteiger partial charge in [-0.25, -0.2) is 0 Å². The third-order valence-corrected chi connectivity index (χ3v) is 3.60. The Morgan fingerprint density at radius 1 is 0.591 bits per heavy atom. The predicted molar refractivity (Wildman–Crippen MR) is 86.1 cm³/mol. The van der Waals surface area contributed by atoms with Crippen molar-refractivity contribution in [3.05, 3.63) is 77.9 Å². The number of phenolic OH excluding ortho intramolecular Hbond substituents is 3. The molecule has 0 spiro atoms. The molecule has 0 heterocycles. The molecule has 0 saturated carbocycles. The number of aromatic hydroxyl groups is 3. The van der Waals surface area contributed by atoms with E-state index in [1.54, 1.807) is 36.4 Å². The minimum Gasteiger partial charge on any atom is -0.508 e. The van der Waals surface area contributed by atoms with Gasteiger partial charge in [0.2, 0.25) is 0 Å². The van der Waals surface area contributed by atoms with Crippen LogP contribution in [0.1, 0.15) is 11.1 Å². The second kappa shape index (κ2) is 5.82. The normalized spacial score (nSPS) is 10.5. The standard InChI is InChI=1S/C19H16O3/c20-16-5-1-13(2-6-16)11-15-12-18(22)9-10-19(15)14-3-7-17(21)8-4-14/h1-10,12,20-22H,11H2. The van der Waals surface area contributed by atoms with Crippen molar-refractivity contribution in [3.8, 4) is 28.4 Å². The summed E-state index contributed by atoms with van der Waals surface area (Å²) in [5.41, 5.74) is 4.01. The molecular formula is C19H16O3. The van der Waals surface area contributed by atoms with Gasteiger partial charge in [-0.15, -0.1) is 0 Å². The molecule has 3 N–H and O–H groups in total. The third-order valence-electron chi connectivity index (χ3n) is 3.60. The highest BCUT2D eigenvalue weighted by Crippen LogP contribution is 2.30. The molecule has 0 radical (unpaired) electrons. The highest BCUT2D eigenvalue weighted by atomic mass is 16.3. The van der Waals surface area contributed by atoms with Crippen LogP contribution >= 0.6 is 0 Å². The molecule has 0 aliphatic heterocycles. The van der Waals surface area contributed by atoms with Crippen molar-refractivity contribution in [2.75, 3.05) is 0 Å². The fourth-order valence-corrected chi connectivity index (χ4v) is 2.48. The SMILES string of the molecule is Oc1ccc(Cc2cc(O)ccc2-c2ccc(O)cc2)cc1. The first kappa shape index (κ1) is 14.0. The van der Waals surface area contributed by atoms with Crippen LogP contribution in [-0.4, -0.2) is 15.3 Å². The van der Waals surface area contributed by atoms with Crippen LogP contribution in [0.4, 0.5) is 0 Å². The summed E-state index contributed by atoms with van der Waals surface area (Å²) >= 11 is 0. The summed E-state index contributed by atoms with van der Waals surface area (Å²) in [7, 11) is 0. The maximum Gasteiger partial charge on any atom is 0.115 e. The van der Waals surface area contributed by atoms with Gasteiger partial charge in [-0.05, 0) is 65.1 Å². The van der Waals surface area contributed by atoms with E-state index < -0.39 is 0 Å². The summed E-state index contributed by atoms with van der Waals surface area (Å²) in [4.78, 5) is 0. The lowest BCUT2D eigenvalue weighted by Crippen LogP contribution is -1.92. The largest absolute Gasteiger partial charge is 0.508 e. The first-order chi connectivity index (χ1) is 10.6. The van der Waals surface area contributed by atoms with Gasteiger partial charge in [-0.3, -0.25) is 0 Å². The highest BCUT2D eigenvalue weighted by molar-refractivity contribution is 5.69. The summed E-state index contributed by atoms with van der Waals surface area (Å²) in [5, 5.41) is 28.5. The summed E-state index contributed by atoms with van der Waals surface area (Å²) < 4.78 is 0. The summed E-state index contributed by atoms with van der Waals surface area (Å²) in [6.07, 6.45) is 0.644. The van der Waals surface area contributed by atoms with Gasteiger partial charge in [0.25, 0.3) is 0 Å². The van der Waals surface area contributed by atoms with Crippen LogP contribution in [0.3, 0.4) is 0 Å². The Kier molecular flexibility index (Phi) is 3.71. The average molecular weight is 292 g/mol. The Hall–Kier alpha value is -2.94. The first-order valence-corrected chi connectivity index (χ1v) is 7.01. The maximum atomic E-state index is 9.77. The van der Waals surface area contributed by atoms with Crippen LogP contribution in [0.15, 0.2) is 66.7 Å². The van der Waals surface area contributed by atoms with Crippen LogP contribution in [0.5, 0.6) is 17.2 Å². The van der Waals surface area contributed by atoms with Gasteiger partial charge in [-0.1, -0.05) is 30.3 Å². The number of benzene rings is 3. The van der Waals surface area contributed by atoms with E-state index >= 15 is 0 Å². The van der Waals surface area contributed by atoms with E-state index in [0.29, 0.717) is 6.42 Å². The minimum atomic E-state index is 0.219. The van der Waals surface area contributed by atoms with Crippen molar-refractivity contribution < 1.29 is 15.3 Å². The van der Waals surface area contributed by atoms with Crippen molar-refractivity contribution in [1.82, 2.24) is 0 Å². The molecule has 0 aliphatic carbocycles. The predicted octanol–water partition coefficient (Wildman–Crippen LogP) is 4.06. The Morgan fingerprint density at radius 3 is 1.77 bits per heavy atom. The van der Waals surface area contributed by atoms with Gasteiger partial charge in [0, 0.05) is 0 Å². The Labute approximate surface area is 128 Å². The summed E-state index contributed by atoms with van der Waals surface area (Å²) in [6, 6.07) is 19.3. The summed E-state index contributed by atoms with van der Waals surface area (Å²) in [6.45, 7) is 0. The number of phenols is 3. The van der Waals surface area contributed by atoms with Gasteiger partial charge >= 0.3 is 0 Å².